The van der Waals surface area contributed by atoms with Crippen LogP contribution in [0.4, 0.5) is 10.1 Å². The van der Waals surface area contributed by atoms with Crippen molar-refractivity contribution in [2.45, 2.75) is 6.54 Å². The van der Waals surface area contributed by atoms with Gasteiger partial charge < -0.3 is 19.9 Å². The number of hydrogen-bond acceptors (Lipinski definition) is 4. The van der Waals surface area contributed by atoms with Crippen LogP contribution in [0.15, 0.2) is 36.4 Å². The minimum absolute atomic E-state index is 0.0735. The van der Waals surface area contributed by atoms with E-state index >= 15 is 0 Å². The fraction of sp³-hybridized carbons (Fsp3) is 0.250. The highest BCUT2D eigenvalue weighted by atomic mass is 35.5. The molecule has 0 aromatic heterocycles. The number of nitrogens with one attached hydrogen (secondary N) is 1. The van der Waals surface area contributed by atoms with E-state index in [0.717, 1.165) is 5.69 Å². The van der Waals surface area contributed by atoms with Gasteiger partial charge in [-0.3, -0.25) is 0 Å². The van der Waals surface area contributed by atoms with Gasteiger partial charge in [0, 0.05) is 41.0 Å². The third-order valence-electron chi connectivity index (χ3n) is 2.97. The van der Waals surface area contributed by atoms with Crippen molar-refractivity contribution >= 4 is 17.3 Å². The van der Waals surface area contributed by atoms with E-state index in [2.05, 4.69) is 5.32 Å². The molecule has 2 aromatic carbocycles. The maximum Gasteiger partial charge on any atom is 0.129 e. The Bertz CT molecular complexity index is 637. The van der Waals surface area contributed by atoms with Gasteiger partial charge in [-0.1, -0.05) is 17.7 Å². The summed E-state index contributed by atoms with van der Waals surface area (Å²) < 4.78 is 24.3. The quantitative estimate of drug-likeness (QED) is 0.818. The highest BCUT2D eigenvalue weighted by Gasteiger charge is 2.06. The fourth-order valence-electron chi connectivity index (χ4n) is 1.90. The summed E-state index contributed by atoms with van der Waals surface area (Å²) in [6.07, 6.45) is 0. The lowest BCUT2D eigenvalue weighted by molar-refractivity contribution is 0.201. The van der Waals surface area contributed by atoms with Gasteiger partial charge in [0.2, 0.25) is 0 Å². The number of hydrogen-bond donors (Lipinski definition) is 2. The summed E-state index contributed by atoms with van der Waals surface area (Å²) in [5.41, 5.74) is 1.23. The van der Waals surface area contributed by atoms with E-state index in [0.29, 0.717) is 28.6 Å². The van der Waals surface area contributed by atoms with Gasteiger partial charge in [0.05, 0.1) is 13.7 Å². The highest BCUT2D eigenvalue weighted by Crippen LogP contribution is 2.26. The first-order valence-electron chi connectivity index (χ1n) is 6.73. The summed E-state index contributed by atoms with van der Waals surface area (Å²) >= 11 is 5.73. The lowest BCUT2D eigenvalue weighted by Gasteiger charge is -2.12. The average Bonchev–Trinajstić information content (AvgIpc) is 2.52. The van der Waals surface area contributed by atoms with E-state index in [9.17, 15) is 4.39 Å². The Kier molecular flexibility index (Phi) is 5.86. The molecular weight excluding hydrogens is 309 g/mol. The molecule has 0 bridgehead atoms. The molecule has 0 radical (unpaired) electrons. The molecule has 2 aromatic rings. The zero-order valence-corrected chi connectivity index (χ0v) is 12.9. The summed E-state index contributed by atoms with van der Waals surface area (Å²) in [6, 6.07) is 9.80. The molecule has 22 heavy (non-hydrogen) atoms. The number of rotatable bonds is 7. The minimum atomic E-state index is -0.361. The van der Waals surface area contributed by atoms with Crippen LogP contribution in [0, 0.1) is 5.82 Å². The van der Waals surface area contributed by atoms with Crippen molar-refractivity contribution in [1.29, 1.82) is 0 Å². The predicted octanol–water partition coefficient (Wildman–Crippen LogP) is 3.47. The molecule has 0 aliphatic heterocycles. The molecule has 2 rings (SSSR count). The van der Waals surface area contributed by atoms with Crippen LogP contribution in [0.2, 0.25) is 5.02 Å². The molecule has 0 aliphatic rings. The molecule has 4 nitrogen and oxygen atoms in total. The average molecular weight is 326 g/mol. The van der Waals surface area contributed by atoms with Gasteiger partial charge in [-0.25, -0.2) is 4.39 Å². The molecule has 0 aliphatic carbocycles. The van der Waals surface area contributed by atoms with Crippen LogP contribution in [0.25, 0.3) is 0 Å². The summed E-state index contributed by atoms with van der Waals surface area (Å²) in [6.45, 7) is 0.421. The number of aliphatic hydroxyl groups is 1. The van der Waals surface area contributed by atoms with E-state index in [1.807, 2.05) is 0 Å². The summed E-state index contributed by atoms with van der Waals surface area (Å²) in [7, 11) is 1.55. The van der Waals surface area contributed by atoms with Crippen LogP contribution in [-0.4, -0.2) is 25.4 Å². The number of methoxy groups -OCH3 is 1. The van der Waals surface area contributed by atoms with Crippen LogP contribution in [0.3, 0.4) is 0 Å². The SMILES string of the molecule is COc1cc(NCc2ccc(Cl)cc2F)cc(OCCO)c1. The Labute approximate surface area is 133 Å². The third-order valence-corrected chi connectivity index (χ3v) is 3.21. The molecule has 0 saturated carbocycles. The van der Waals surface area contributed by atoms with Crippen LogP contribution in [0.5, 0.6) is 11.5 Å². The van der Waals surface area contributed by atoms with Gasteiger partial charge in [0.15, 0.2) is 0 Å². The van der Waals surface area contributed by atoms with Crippen molar-refractivity contribution in [3.05, 3.63) is 52.8 Å². The zero-order valence-electron chi connectivity index (χ0n) is 12.1. The van der Waals surface area contributed by atoms with Gasteiger partial charge in [-0.2, -0.15) is 0 Å². The van der Waals surface area contributed by atoms with Crippen LogP contribution in [0.1, 0.15) is 5.56 Å². The molecule has 0 spiro atoms. The normalized spacial score (nSPS) is 10.4. The molecule has 0 heterocycles. The fourth-order valence-corrected chi connectivity index (χ4v) is 2.06. The second kappa shape index (κ2) is 7.87. The van der Waals surface area contributed by atoms with Crippen LogP contribution in [-0.2, 0) is 6.54 Å². The van der Waals surface area contributed by atoms with Gasteiger partial charge in [-0.05, 0) is 12.1 Å². The van der Waals surface area contributed by atoms with Gasteiger partial charge in [0.25, 0.3) is 0 Å². The molecular formula is C16H17ClFNO3. The minimum Gasteiger partial charge on any atom is -0.497 e. The lowest BCUT2D eigenvalue weighted by Crippen LogP contribution is -2.04. The topological polar surface area (TPSA) is 50.7 Å². The first kappa shape index (κ1) is 16.4. The van der Waals surface area contributed by atoms with Crippen molar-refractivity contribution in [1.82, 2.24) is 0 Å². The number of ether oxygens (including phenoxy) is 2. The maximum atomic E-state index is 13.7. The number of halogens is 2. The van der Waals surface area contributed by atoms with Crippen molar-refractivity contribution in [2.75, 3.05) is 25.6 Å². The second-order valence-electron chi connectivity index (χ2n) is 4.56. The Morgan fingerprint density at radius 1 is 1.18 bits per heavy atom. The lowest BCUT2D eigenvalue weighted by atomic mass is 10.2. The first-order valence-corrected chi connectivity index (χ1v) is 7.10. The molecule has 2 N–H and O–H groups in total. The van der Waals surface area contributed by atoms with Crippen molar-refractivity contribution in [3.8, 4) is 11.5 Å². The van der Waals surface area contributed by atoms with E-state index in [1.165, 1.54) is 6.07 Å². The van der Waals surface area contributed by atoms with Gasteiger partial charge in [0.1, 0.15) is 23.9 Å². The predicted molar refractivity (Wildman–Crippen MR) is 84.3 cm³/mol. The van der Waals surface area contributed by atoms with Crippen molar-refractivity contribution in [3.63, 3.8) is 0 Å². The van der Waals surface area contributed by atoms with Crippen molar-refractivity contribution < 1.29 is 19.0 Å². The Morgan fingerprint density at radius 3 is 2.64 bits per heavy atom. The number of anilines is 1. The molecule has 6 heteroatoms. The van der Waals surface area contributed by atoms with Crippen LogP contribution < -0.4 is 14.8 Å². The van der Waals surface area contributed by atoms with Gasteiger partial charge >= 0.3 is 0 Å². The molecule has 0 atom stereocenters. The first-order chi connectivity index (χ1) is 10.6. The Balaban J connectivity index is 2.10. The third kappa shape index (κ3) is 4.51. The van der Waals surface area contributed by atoms with E-state index in [1.54, 1.807) is 37.4 Å². The van der Waals surface area contributed by atoms with Crippen molar-refractivity contribution in [2.24, 2.45) is 0 Å². The zero-order chi connectivity index (χ0) is 15.9. The summed E-state index contributed by atoms with van der Waals surface area (Å²) in [5.74, 6) is 0.807. The van der Waals surface area contributed by atoms with E-state index < -0.39 is 0 Å². The standard InChI is InChI=1S/C16H17ClFNO3/c1-21-14-7-13(8-15(9-14)22-5-4-20)19-10-11-2-3-12(17)6-16(11)18/h2-3,6-9,19-20H,4-5,10H2,1H3. The molecule has 118 valence electrons. The molecule has 0 amide bonds. The Morgan fingerprint density at radius 2 is 1.95 bits per heavy atom. The maximum absolute atomic E-state index is 13.7. The smallest absolute Gasteiger partial charge is 0.129 e. The van der Waals surface area contributed by atoms with E-state index in [4.69, 9.17) is 26.2 Å². The molecule has 0 saturated heterocycles. The number of aliphatic hydroxyl groups excluding tert-OH is 1. The van der Waals surface area contributed by atoms with Crippen LogP contribution >= 0.6 is 11.6 Å². The molecule has 0 fully saturated rings. The van der Waals surface area contributed by atoms with Gasteiger partial charge in [-0.15, -0.1) is 0 Å². The Hall–Kier alpha value is -1.98. The summed E-state index contributed by atoms with van der Waals surface area (Å²) in [5, 5.41) is 12.3. The number of benzene rings is 2. The largest absolute Gasteiger partial charge is 0.497 e. The second-order valence-corrected chi connectivity index (χ2v) is 5.00. The van der Waals surface area contributed by atoms with E-state index in [-0.39, 0.29) is 19.0 Å². The summed E-state index contributed by atoms with van der Waals surface area (Å²) in [4.78, 5) is 0. The monoisotopic (exact) mass is 325 g/mol. The highest BCUT2D eigenvalue weighted by molar-refractivity contribution is 6.30. The molecule has 0 unspecified atom stereocenters.